The Morgan fingerprint density at radius 3 is 2.49 bits per heavy atom. The molecule has 3 N–H and O–H groups in total. The molecule has 1 saturated heterocycles. The molecule has 0 saturated carbocycles. The van der Waals surface area contributed by atoms with Gasteiger partial charge in [0.05, 0.1) is 11.6 Å². The zero-order valence-electron chi connectivity index (χ0n) is 20.9. The van der Waals surface area contributed by atoms with E-state index in [1.807, 2.05) is 31.2 Å². The first kappa shape index (κ1) is 25.1. The van der Waals surface area contributed by atoms with E-state index < -0.39 is 0 Å². The van der Waals surface area contributed by atoms with Gasteiger partial charge in [-0.15, -0.1) is 0 Å². The molecule has 0 aliphatic carbocycles. The zero-order chi connectivity index (χ0) is 25.8. The molecule has 6 nitrogen and oxygen atoms in total. The number of hydrogen-bond acceptors (Lipinski definition) is 4. The van der Waals surface area contributed by atoms with Gasteiger partial charge in [0.15, 0.2) is 0 Å². The molecule has 2 aliphatic heterocycles. The van der Waals surface area contributed by atoms with Crippen molar-refractivity contribution >= 4 is 40.4 Å². The number of nitrogens with zero attached hydrogens (tertiary/aromatic N) is 1. The third kappa shape index (κ3) is 6.04. The number of amides is 2. The van der Waals surface area contributed by atoms with Crippen LogP contribution in [0, 0.1) is 0 Å². The standard InChI is InChI=1S/C30H31ClN4O2/c1-20(22-7-10-24(31)11-8-22)33-29(36)23-9-14-28-26(17-23)27(30(37)34-28)18-32-25-12-5-21(6-13-25)19-35-15-3-2-4-16-35/h5-14,17-18,20,32H,2-4,15-16,19H2,1H3,(H,33,36)(H,34,37)/b27-18-/t20-/m1/s1. The topological polar surface area (TPSA) is 73.5 Å². The molecule has 0 aromatic heterocycles. The largest absolute Gasteiger partial charge is 0.361 e. The fourth-order valence-electron chi connectivity index (χ4n) is 4.82. The molecule has 1 fully saturated rings. The number of likely N-dealkylation sites (tertiary alicyclic amines) is 1. The van der Waals surface area contributed by atoms with E-state index in [2.05, 4.69) is 33.0 Å². The third-order valence-corrected chi connectivity index (χ3v) is 7.23. The van der Waals surface area contributed by atoms with Crippen LogP contribution in [0.5, 0.6) is 0 Å². The lowest BCUT2D eigenvalue weighted by Gasteiger charge is -2.26. The maximum absolute atomic E-state index is 13.0. The fourth-order valence-corrected chi connectivity index (χ4v) is 4.95. The summed E-state index contributed by atoms with van der Waals surface area (Å²) >= 11 is 5.97. The normalized spacial score (nSPS) is 17.2. The monoisotopic (exact) mass is 514 g/mol. The van der Waals surface area contributed by atoms with Crippen molar-refractivity contribution in [2.24, 2.45) is 0 Å². The Balaban J connectivity index is 1.26. The van der Waals surface area contributed by atoms with Gasteiger partial charge in [-0.2, -0.15) is 0 Å². The molecule has 3 aromatic rings. The van der Waals surface area contributed by atoms with Gasteiger partial charge in [-0.05, 0) is 86.4 Å². The van der Waals surface area contributed by atoms with Gasteiger partial charge in [0.25, 0.3) is 11.8 Å². The molecule has 1 atom stereocenters. The molecule has 2 aliphatic rings. The third-order valence-electron chi connectivity index (χ3n) is 6.97. The van der Waals surface area contributed by atoms with Crippen molar-refractivity contribution in [3.05, 3.63) is 100 Å². The molecule has 3 aromatic carbocycles. The van der Waals surface area contributed by atoms with Crippen molar-refractivity contribution in [3.8, 4) is 0 Å². The van der Waals surface area contributed by atoms with Gasteiger partial charge in [-0.25, -0.2) is 0 Å². The zero-order valence-corrected chi connectivity index (χ0v) is 21.6. The van der Waals surface area contributed by atoms with Crippen LogP contribution in [0.3, 0.4) is 0 Å². The summed E-state index contributed by atoms with van der Waals surface area (Å²) in [6, 6.07) is 20.8. The smallest absolute Gasteiger partial charge is 0.257 e. The summed E-state index contributed by atoms with van der Waals surface area (Å²) in [7, 11) is 0. The van der Waals surface area contributed by atoms with E-state index in [1.165, 1.54) is 37.9 Å². The van der Waals surface area contributed by atoms with Gasteiger partial charge in [0, 0.05) is 40.3 Å². The molecule has 7 heteroatoms. The van der Waals surface area contributed by atoms with E-state index in [0.717, 1.165) is 17.8 Å². The molecular weight excluding hydrogens is 484 g/mol. The number of fused-ring (bicyclic) bond motifs is 1. The van der Waals surface area contributed by atoms with Gasteiger partial charge in [-0.3, -0.25) is 14.5 Å². The Kier molecular flexibility index (Phi) is 7.58. The quantitative estimate of drug-likeness (QED) is 0.327. The Hall–Kier alpha value is -3.61. The summed E-state index contributed by atoms with van der Waals surface area (Å²) in [5.41, 5.74) is 5.52. The lowest BCUT2D eigenvalue weighted by Crippen LogP contribution is -2.29. The summed E-state index contributed by atoms with van der Waals surface area (Å²) in [4.78, 5) is 28.1. The van der Waals surface area contributed by atoms with Crippen LogP contribution in [0.1, 0.15) is 59.3 Å². The number of benzene rings is 3. The van der Waals surface area contributed by atoms with Gasteiger partial charge < -0.3 is 16.0 Å². The molecule has 0 radical (unpaired) electrons. The summed E-state index contributed by atoms with van der Waals surface area (Å²) in [6.07, 6.45) is 5.60. The van der Waals surface area contributed by atoms with E-state index in [1.54, 1.807) is 36.5 Å². The Labute approximate surface area is 222 Å². The fraction of sp³-hybridized carbons (Fsp3) is 0.267. The van der Waals surface area contributed by atoms with Crippen LogP contribution in [-0.4, -0.2) is 29.8 Å². The highest BCUT2D eigenvalue weighted by Crippen LogP contribution is 2.33. The molecular formula is C30H31ClN4O2. The Bertz CT molecular complexity index is 1310. The number of carbonyl (C=O) groups excluding carboxylic acids is 2. The van der Waals surface area contributed by atoms with Crippen LogP contribution in [0.15, 0.2) is 72.9 Å². The van der Waals surface area contributed by atoms with Crippen molar-refractivity contribution in [2.45, 2.75) is 38.8 Å². The molecule has 0 spiro atoms. The van der Waals surface area contributed by atoms with Crippen LogP contribution >= 0.6 is 11.6 Å². The van der Waals surface area contributed by atoms with Crippen LogP contribution in [0.25, 0.3) is 5.57 Å². The van der Waals surface area contributed by atoms with E-state index in [-0.39, 0.29) is 17.9 Å². The highest BCUT2D eigenvalue weighted by molar-refractivity contribution is 6.32. The number of rotatable bonds is 7. The van der Waals surface area contributed by atoms with Crippen molar-refractivity contribution < 1.29 is 9.59 Å². The lowest BCUT2D eigenvalue weighted by molar-refractivity contribution is -0.110. The minimum Gasteiger partial charge on any atom is -0.361 e. The number of piperidine rings is 1. The maximum Gasteiger partial charge on any atom is 0.257 e. The van der Waals surface area contributed by atoms with Crippen LogP contribution < -0.4 is 16.0 Å². The van der Waals surface area contributed by atoms with E-state index >= 15 is 0 Å². The van der Waals surface area contributed by atoms with Gasteiger partial charge in [0.1, 0.15) is 0 Å². The van der Waals surface area contributed by atoms with Gasteiger partial charge in [-0.1, -0.05) is 42.3 Å². The van der Waals surface area contributed by atoms with Gasteiger partial charge in [0.2, 0.25) is 0 Å². The van der Waals surface area contributed by atoms with Gasteiger partial charge >= 0.3 is 0 Å². The van der Waals surface area contributed by atoms with E-state index in [0.29, 0.717) is 27.4 Å². The number of hydrogen-bond donors (Lipinski definition) is 3. The first-order chi connectivity index (χ1) is 18.0. The number of carbonyl (C=O) groups is 2. The molecule has 5 rings (SSSR count). The number of nitrogens with one attached hydrogen (secondary N) is 3. The molecule has 0 bridgehead atoms. The summed E-state index contributed by atoms with van der Waals surface area (Å²) in [5.74, 6) is -0.405. The average molecular weight is 515 g/mol. The van der Waals surface area contributed by atoms with Crippen molar-refractivity contribution in [1.29, 1.82) is 0 Å². The van der Waals surface area contributed by atoms with Crippen molar-refractivity contribution in [1.82, 2.24) is 10.2 Å². The van der Waals surface area contributed by atoms with Crippen molar-refractivity contribution in [3.63, 3.8) is 0 Å². The predicted octanol–water partition coefficient (Wildman–Crippen LogP) is 6.22. The van der Waals surface area contributed by atoms with E-state index in [9.17, 15) is 9.59 Å². The summed E-state index contributed by atoms with van der Waals surface area (Å²) < 4.78 is 0. The second kappa shape index (κ2) is 11.2. The highest BCUT2D eigenvalue weighted by atomic mass is 35.5. The van der Waals surface area contributed by atoms with Crippen LogP contribution in [0.4, 0.5) is 11.4 Å². The first-order valence-corrected chi connectivity index (χ1v) is 13.1. The highest BCUT2D eigenvalue weighted by Gasteiger charge is 2.25. The Morgan fingerprint density at radius 2 is 1.76 bits per heavy atom. The summed E-state index contributed by atoms with van der Waals surface area (Å²) in [5, 5.41) is 9.80. The molecule has 190 valence electrons. The molecule has 0 unspecified atom stereocenters. The molecule has 2 amide bonds. The number of anilines is 2. The Morgan fingerprint density at radius 1 is 1.03 bits per heavy atom. The second-order valence-corrected chi connectivity index (χ2v) is 10.1. The SMILES string of the molecule is C[C@@H](NC(=O)c1ccc2c(c1)/C(=C/Nc1ccc(CN3CCCCC3)cc1)C(=O)N2)c1ccc(Cl)cc1. The minimum absolute atomic E-state index is 0.188. The molecule has 37 heavy (non-hydrogen) atoms. The minimum atomic E-state index is -0.207. The van der Waals surface area contributed by atoms with Crippen LogP contribution in [-0.2, 0) is 11.3 Å². The van der Waals surface area contributed by atoms with E-state index in [4.69, 9.17) is 11.6 Å². The summed E-state index contributed by atoms with van der Waals surface area (Å²) in [6.45, 7) is 5.23. The first-order valence-electron chi connectivity index (χ1n) is 12.8. The lowest BCUT2D eigenvalue weighted by atomic mass is 10.0. The van der Waals surface area contributed by atoms with Crippen LogP contribution in [0.2, 0.25) is 5.02 Å². The average Bonchev–Trinajstić information content (AvgIpc) is 3.23. The molecule has 2 heterocycles. The number of halogens is 1. The second-order valence-electron chi connectivity index (χ2n) is 9.70. The predicted molar refractivity (Wildman–Crippen MR) is 150 cm³/mol. The maximum atomic E-state index is 13.0. The van der Waals surface area contributed by atoms with Crippen molar-refractivity contribution in [2.75, 3.05) is 23.7 Å².